The van der Waals surface area contributed by atoms with E-state index in [-0.39, 0.29) is 18.4 Å². The summed E-state index contributed by atoms with van der Waals surface area (Å²) in [6.45, 7) is 0.588. The number of carboxylic acids is 1. The monoisotopic (exact) mass is 305 g/mol. The summed E-state index contributed by atoms with van der Waals surface area (Å²) < 4.78 is 0. The summed E-state index contributed by atoms with van der Waals surface area (Å²) in [7, 11) is 0. The first-order valence-corrected chi connectivity index (χ1v) is 7.84. The van der Waals surface area contributed by atoms with E-state index < -0.39 is 5.97 Å². The average Bonchev–Trinajstić information content (AvgIpc) is 2.94. The molecule has 1 aromatic heterocycles. The summed E-state index contributed by atoms with van der Waals surface area (Å²) in [4.78, 5) is 25.3. The fourth-order valence-electron chi connectivity index (χ4n) is 2.53. The molecule has 1 amide bonds. The number of amides is 1. The molecule has 0 unspecified atom stereocenters. The van der Waals surface area contributed by atoms with Gasteiger partial charge in [0.1, 0.15) is 0 Å². The molecule has 2 aromatic rings. The summed E-state index contributed by atoms with van der Waals surface area (Å²) in [5, 5.41) is 16.6. The molecule has 0 radical (unpaired) electrons. The van der Waals surface area contributed by atoms with Crippen LogP contribution in [0.2, 0.25) is 0 Å². The van der Waals surface area contributed by atoms with Crippen molar-refractivity contribution in [2.45, 2.75) is 12.5 Å². The molecule has 1 atom stereocenters. The molecular formula is C14H15N3O3S. The molecule has 1 aromatic carbocycles. The van der Waals surface area contributed by atoms with Gasteiger partial charge in [0, 0.05) is 29.0 Å². The fourth-order valence-corrected chi connectivity index (χ4v) is 3.60. The van der Waals surface area contributed by atoms with Crippen molar-refractivity contribution in [3.8, 4) is 0 Å². The van der Waals surface area contributed by atoms with Crippen LogP contribution in [0.1, 0.15) is 16.8 Å². The van der Waals surface area contributed by atoms with Crippen LogP contribution in [-0.2, 0) is 4.79 Å². The molecule has 1 saturated heterocycles. The van der Waals surface area contributed by atoms with Crippen molar-refractivity contribution in [1.82, 2.24) is 15.1 Å². The Bertz CT molecular complexity index is 685. The lowest BCUT2D eigenvalue weighted by Gasteiger charge is -2.34. The normalized spacial score (nSPS) is 18.9. The first-order chi connectivity index (χ1) is 10.1. The van der Waals surface area contributed by atoms with Gasteiger partial charge in [0.25, 0.3) is 5.91 Å². The number of hydrogen-bond acceptors (Lipinski definition) is 4. The number of aliphatic carboxylic acids is 1. The minimum absolute atomic E-state index is 0.00725. The molecule has 0 bridgehead atoms. The molecule has 2 N–H and O–H groups in total. The smallest absolute Gasteiger partial charge is 0.305 e. The number of nitrogens with zero attached hydrogens (tertiary/aromatic N) is 2. The van der Waals surface area contributed by atoms with Crippen LogP contribution in [0.3, 0.4) is 0 Å². The van der Waals surface area contributed by atoms with E-state index in [4.69, 9.17) is 5.11 Å². The largest absolute Gasteiger partial charge is 0.481 e. The SMILES string of the molecule is O=C(O)C[C@@H]1CSCCN1C(=O)c1ccc2[nH]ncc2c1. The summed E-state index contributed by atoms with van der Waals surface area (Å²) in [5.74, 6) is 0.539. The van der Waals surface area contributed by atoms with Crippen molar-refractivity contribution >= 4 is 34.5 Å². The molecule has 7 heteroatoms. The van der Waals surface area contributed by atoms with Gasteiger partial charge in [-0.2, -0.15) is 16.9 Å². The van der Waals surface area contributed by atoms with Gasteiger partial charge in [0.05, 0.1) is 24.2 Å². The van der Waals surface area contributed by atoms with Gasteiger partial charge >= 0.3 is 5.97 Å². The van der Waals surface area contributed by atoms with E-state index in [1.807, 2.05) is 6.07 Å². The van der Waals surface area contributed by atoms with Crippen LogP contribution in [0, 0.1) is 0 Å². The standard InChI is InChI=1S/C14H15N3O3S/c18-13(19)6-11-8-21-4-3-17(11)14(20)9-1-2-12-10(5-9)7-15-16-12/h1-2,5,7,11H,3-4,6,8H2,(H,15,16)(H,18,19)/t11-/m1/s1. The Balaban J connectivity index is 1.85. The highest BCUT2D eigenvalue weighted by Crippen LogP contribution is 2.22. The van der Waals surface area contributed by atoms with Gasteiger partial charge in [-0.05, 0) is 18.2 Å². The number of carbonyl (C=O) groups excluding carboxylic acids is 1. The van der Waals surface area contributed by atoms with E-state index >= 15 is 0 Å². The molecule has 1 aliphatic rings. The summed E-state index contributed by atoms with van der Waals surface area (Å²) >= 11 is 1.69. The number of benzene rings is 1. The molecule has 110 valence electrons. The lowest BCUT2D eigenvalue weighted by molar-refractivity contribution is -0.138. The second-order valence-corrected chi connectivity index (χ2v) is 6.15. The van der Waals surface area contributed by atoms with Gasteiger partial charge in [-0.25, -0.2) is 0 Å². The Labute approximate surface area is 125 Å². The zero-order valence-electron chi connectivity index (χ0n) is 11.3. The molecular weight excluding hydrogens is 290 g/mol. The van der Waals surface area contributed by atoms with Crippen molar-refractivity contribution in [2.24, 2.45) is 0 Å². The van der Waals surface area contributed by atoms with Gasteiger partial charge in [-0.3, -0.25) is 14.7 Å². The minimum atomic E-state index is -0.870. The number of carboxylic acid groups (broad SMARTS) is 1. The molecule has 1 fully saturated rings. The van der Waals surface area contributed by atoms with Gasteiger partial charge in [0.2, 0.25) is 0 Å². The van der Waals surface area contributed by atoms with E-state index in [0.29, 0.717) is 17.9 Å². The minimum Gasteiger partial charge on any atom is -0.481 e. The Hall–Kier alpha value is -2.02. The Morgan fingerprint density at radius 3 is 3.14 bits per heavy atom. The summed E-state index contributed by atoms with van der Waals surface area (Å²) in [6, 6.07) is 5.12. The third-order valence-corrected chi connectivity index (χ3v) is 4.68. The van der Waals surface area contributed by atoms with Gasteiger partial charge in [-0.15, -0.1) is 0 Å². The molecule has 0 spiro atoms. The Morgan fingerprint density at radius 1 is 1.48 bits per heavy atom. The highest BCUT2D eigenvalue weighted by atomic mass is 32.2. The summed E-state index contributed by atoms with van der Waals surface area (Å²) in [5.41, 5.74) is 1.45. The topological polar surface area (TPSA) is 86.3 Å². The highest BCUT2D eigenvalue weighted by molar-refractivity contribution is 7.99. The number of nitrogens with one attached hydrogen (secondary N) is 1. The molecule has 21 heavy (non-hydrogen) atoms. The maximum atomic E-state index is 12.7. The average molecular weight is 305 g/mol. The van der Waals surface area contributed by atoms with Crippen molar-refractivity contribution < 1.29 is 14.7 Å². The predicted molar refractivity (Wildman–Crippen MR) is 80.5 cm³/mol. The number of aromatic nitrogens is 2. The van der Waals surface area contributed by atoms with Crippen molar-refractivity contribution in [3.63, 3.8) is 0 Å². The van der Waals surface area contributed by atoms with Crippen molar-refractivity contribution in [2.75, 3.05) is 18.1 Å². The number of aromatic amines is 1. The van der Waals surface area contributed by atoms with Gasteiger partial charge in [-0.1, -0.05) is 0 Å². The van der Waals surface area contributed by atoms with Crippen LogP contribution < -0.4 is 0 Å². The number of H-pyrrole nitrogens is 1. The van der Waals surface area contributed by atoms with Crippen molar-refractivity contribution in [1.29, 1.82) is 0 Å². The maximum Gasteiger partial charge on any atom is 0.305 e. The first kappa shape index (κ1) is 13.9. The molecule has 3 rings (SSSR count). The first-order valence-electron chi connectivity index (χ1n) is 6.69. The second-order valence-electron chi connectivity index (χ2n) is 5.00. The quantitative estimate of drug-likeness (QED) is 0.899. The number of rotatable bonds is 3. The Kier molecular flexibility index (Phi) is 3.83. The second kappa shape index (κ2) is 5.77. The van der Waals surface area contributed by atoms with E-state index in [1.165, 1.54) is 0 Å². The predicted octanol–water partition coefficient (Wildman–Crippen LogP) is 1.60. The van der Waals surface area contributed by atoms with E-state index in [0.717, 1.165) is 16.7 Å². The van der Waals surface area contributed by atoms with Crippen LogP contribution in [0.25, 0.3) is 10.9 Å². The molecule has 0 aliphatic carbocycles. The van der Waals surface area contributed by atoms with Crippen LogP contribution in [0.5, 0.6) is 0 Å². The van der Waals surface area contributed by atoms with E-state index in [1.54, 1.807) is 35.0 Å². The number of thioether (sulfide) groups is 1. The lowest BCUT2D eigenvalue weighted by atomic mass is 10.1. The van der Waals surface area contributed by atoms with Crippen molar-refractivity contribution in [3.05, 3.63) is 30.0 Å². The molecule has 1 aliphatic heterocycles. The molecule has 0 saturated carbocycles. The van der Waals surface area contributed by atoms with E-state index in [9.17, 15) is 9.59 Å². The van der Waals surface area contributed by atoms with Gasteiger partial charge in [0.15, 0.2) is 0 Å². The zero-order valence-corrected chi connectivity index (χ0v) is 12.1. The van der Waals surface area contributed by atoms with Crippen LogP contribution in [0.15, 0.2) is 24.4 Å². The lowest BCUT2D eigenvalue weighted by Crippen LogP contribution is -2.47. The van der Waals surface area contributed by atoms with Crippen LogP contribution >= 0.6 is 11.8 Å². The van der Waals surface area contributed by atoms with Crippen LogP contribution in [0.4, 0.5) is 0 Å². The number of hydrogen-bond donors (Lipinski definition) is 2. The van der Waals surface area contributed by atoms with Crippen LogP contribution in [-0.4, -0.2) is 56.2 Å². The third-order valence-electron chi connectivity index (χ3n) is 3.59. The van der Waals surface area contributed by atoms with Gasteiger partial charge < -0.3 is 10.0 Å². The molecule has 2 heterocycles. The van der Waals surface area contributed by atoms with E-state index in [2.05, 4.69) is 10.2 Å². The summed E-state index contributed by atoms with van der Waals surface area (Å²) in [6.07, 6.45) is 1.67. The Morgan fingerprint density at radius 2 is 2.33 bits per heavy atom. The number of fused-ring (bicyclic) bond motifs is 1. The number of carbonyl (C=O) groups is 2. The molecule has 6 nitrogen and oxygen atoms in total. The zero-order chi connectivity index (χ0) is 14.8. The third kappa shape index (κ3) is 2.87. The maximum absolute atomic E-state index is 12.7. The fraction of sp³-hybridized carbons (Fsp3) is 0.357. The highest BCUT2D eigenvalue weighted by Gasteiger charge is 2.29.